The van der Waals surface area contributed by atoms with Gasteiger partial charge in [-0.2, -0.15) is 5.10 Å². The Morgan fingerprint density at radius 1 is 1.59 bits per heavy atom. The predicted octanol–water partition coefficient (Wildman–Crippen LogP) is 0.139. The van der Waals surface area contributed by atoms with Gasteiger partial charge in [-0.05, 0) is 18.9 Å². The summed E-state index contributed by atoms with van der Waals surface area (Å²) in [7, 11) is -1.06. The third kappa shape index (κ3) is 4.10. The van der Waals surface area contributed by atoms with Crippen LogP contribution in [0.1, 0.15) is 31.5 Å². The highest BCUT2D eigenvalue weighted by Gasteiger charge is 2.15. The standard InChI is InChI=1S/C10H20N4O2S/c1-3-17(15,16)8-4-5-9(13-11)10-6-7-12-14(10)2/h6-7,9,13H,3-5,8,11H2,1-2H3. The fourth-order valence-electron chi connectivity index (χ4n) is 1.69. The van der Waals surface area contributed by atoms with E-state index in [-0.39, 0.29) is 17.5 Å². The summed E-state index contributed by atoms with van der Waals surface area (Å²) >= 11 is 0. The molecule has 0 aliphatic carbocycles. The number of nitrogens with one attached hydrogen (secondary N) is 1. The Kier molecular flexibility index (Phi) is 5.10. The first kappa shape index (κ1) is 14.1. The zero-order valence-corrected chi connectivity index (χ0v) is 11.1. The molecule has 1 unspecified atom stereocenters. The molecule has 0 bridgehead atoms. The Bertz CT molecular complexity index is 441. The maximum atomic E-state index is 11.4. The Hall–Kier alpha value is -0.920. The topological polar surface area (TPSA) is 90.0 Å². The van der Waals surface area contributed by atoms with Gasteiger partial charge in [0.15, 0.2) is 0 Å². The van der Waals surface area contributed by atoms with Crippen LogP contribution in [0.3, 0.4) is 0 Å². The van der Waals surface area contributed by atoms with Crippen LogP contribution in [-0.2, 0) is 16.9 Å². The molecule has 0 aliphatic heterocycles. The predicted molar refractivity (Wildman–Crippen MR) is 66.8 cm³/mol. The Labute approximate surface area is 102 Å². The molecule has 1 rings (SSSR count). The number of nitrogens with two attached hydrogens (primary N) is 1. The highest BCUT2D eigenvalue weighted by molar-refractivity contribution is 7.91. The smallest absolute Gasteiger partial charge is 0.150 e. The lowest BCUT2D eigenvalue weighted by molar-refractivity contribution is 0.474. The maximum Gasteiger partial charge on any atom is 0.150 e. The van der Waals surface area contributed by atoms with Crippen molar-refractivity contribution in [3.8, 4) is 0 Å². The van der Waals surface area contributed by atoms with Crippen molar-refractivity contribution in [2.45, 2.75) is 25.8 Å². The van der Waals surface area contributed by atoms with E-state index in [1.807, 2.05) is 13.1 Å². The van der Waals surface area contributed by atoms with Crippen LogP contribution in [0.2, 0.25) is 0 Å². The summed E-state index contributed by atoms with van der Waals surface area (Å²) in [6, 6.07) is 1.81. The molecule has 1 aromatic rings. The van der Waals surface area contributed by atoms with Crippen LogP contribution in [0.25, 0.3) is 0 Å². The van der Waals surface area contributed by atoms with Crippen molar-refractivity contribution in [3.05, 3.63) is 18.0 Å². The minimum absolute atomic E-state index is 0.0606. The molecule has 0 aliphatic rings. The van der Waals surface area contributed by atoms with E-state index >= 15 is 0 Å². The number of hydrazine groups is 1. The molecular formula is C10H20N4O2S. The largest absolute Gasteiger partial charge is 0.271 e. The van der Waals surface area contributed by atoms with E-state index in [2.05, 4.69) is 10.5 Å². The van der Waals surface area contributed by atoms with Gasteiger partial charge in [0.1, 0.15) is 9.84 Å². The summed E-state index contributed by atoms with van der Waals surface area (Å²) in [4.78, 5) is 0. The summed E-state index contributed by atoms with van der Waals surface area (Å²) in [6.45, 7) is 1.66. The van der Waals surface area contributed by atoms with Gasteiger partial charge in [-0.15, -0.1) is 0 Å². The van der Waals surface area contributed by atoms with Crippen molar-refractivity contribution in [1.29, 1.82) is 0 Å². The summed E-state index contributed by atoms with van der Waals surface area (Å²) in [5.74, 6) is 5.88. The van der Waals surface area contributed by atoms with Crippen molar-refractivity contribution in [2.75, 3.05) is 11.5 Å². The molecule has 0 fully saturated rings. The molecule has 6 nitrogen and oxygen atoms in total. The Morgan fingerprint density at radius 3 is 2.76 bits per heavy atom. The first-order valence-corrected chi connectivity index (χ1v) is 7.46. The quantitative estimate of drug-likeness (QED) is 0.537. The van der Waals surface area contributed by atoms with Crippen LogP contribution in [0.4, 0.5) is 0 Å². The van der Waals surface area contributed by atoms with Gasteiger partial charge in [0.25, 0.3) is 0 Å². The van der Waals surface area contributed by atoms with Gasteiger partial charge in [0.05, 0.1) is 17.5 Å². The second kappa shape index (κ2) is 6.13. The minimum atomic E-state index is -2.89. The van der Waals surface area contributed by atoms with Gasteiger partial charge >= 0.3 is 0 Å². The molecule has 98 valence electrons. The minimum Gasteiger partial charge on any atom is -0.271 e. The lowest BCUT2D eigenvalue weighted by Crippen LogP contribution is -2.30. The first-order chi connectivity index (χ1) is 8.00. The van der Waals surface area contributed by atoms with E-state index < -0.39 is 9.84 Å². The summed E-state index contributed by atoms with van der Waals surface area (Å²) in [5, 5.41) is 4.06. The average Bonchev–Trinajstić information content (AvgIpc) is 2.71. The van der Waals surface area contributed by atoms with Crippen LogP contribution in [0.5, 0.6) is 0 Å². The molecule has 0 radical (unpaired) electrons. The highest BCUT2D eigenvalue weighted by Crippen LogP contribution is 2.16. The van der Waals surface area contributed by atoms with Crippen LogP contribution in [0, 0.1) is 0 Å². The van der Waals surface area contributed by atoms with E-state index in [4.69, 9.17) is 5.84 Å². The van der Waals surface area contributed by atoms with Gasteiger partial charge in [-0.3, -0.25) is 16.0 Å². The van der Waals surface area contributed by atoms with Gasteiger partial charge in [0, 0.05) is 19.0 Å². The van der Waals surface area contributed by atoms with E-state index in [9.17, 15) is 8.42 Å². The summed E-state index contributed by atoms with van der Waals surface area (Å²) in [6.07, 6.45) is 2.97. The molecule has 1 heterocycles. The number of hydrogen-bond acceptors (Lipinski definition) is 5. The molecular weight excluding hydrogens is 240 g/mol. The molecule has 7 heteroatoms. The molecule has 0 saturated carbocycles. The summed E-state index contributed by atoms with van der Waals surface area (Å²) < 4.78 is 24.4. The SMILES string of the molecule is CCS(=O)(=O)CCCC(NN)c1ccnn1C. The van der Waals surface area contributed by atoms with Gasteiger partial charge < -0.3 is 0 Å². The van der Waals surface area contributed by atoms with Gasteiger partial charge in [-0.25, -0.2) is 8.42 Å². The van der Waals surface area contributed by atoms with Crippen molar-refractivity contribution in [2.24, 2.45) is 12.9 Å². The fourth-order valence-corrected chi connectivity index (χ4v) is 2.59. The van der Waals surface area contributed by atoms with Crippen LogP contribution >= 0.6 is 0 Å². The Morgan fingerprint density at radius 2 is 2.29 bits per heavy atom. The molecule has 3 N–H and O–H groups in total. The number of sulfone groups is 1. The molecule has 1 aromatic heterocycles. The van der Waals surface area contributed by atoms with E-state index in [0.717, 1.165) is 5.69 Å². The zero-order valence-electron chi connectivity index (χ0n) is 10.3. The molecule has 0 saturated heterocycles. The first-order valence-electron chi connectivity index (χ1n) is 5.64. The average molecular weight is 260 g/mol. The third-order valence-electron chi connectivity index (χ3n) is 2.81. The third-order valence-corrected chi connectivity index (χ3v) is 4.60. The van der Waals surface area contributed by atoms with E-state index in [1.165, 1.54) is 0 Å². The highest BCUT2D eigenvalue weighted by atomic mass is 32.2. The molecule has 1 atom stereocenters. The van der Waals surface area contributed by atoms with Crippen molar-refractivity contribution in [1.82, 2.24) is 15.2 Å². The van der Waals surface area contributed by atoms with Crippen molar-refractivity contribution >= 4 is 9.84 Å². The molecule has 0 spiro atoms. The van der Waals surface area contributed by atoms with E-state index in [0.29, 0.717) is 12.8 Å². The Balaban J connectivity index is 2.52. The number of aryl methyl sites for hydroxylation is 1. The fraction of sp³-hybridized carbons (Fsp3) is 0.700. The number of hydrogen-bond donors (Lipinski definition) is 2. The maximum absolute atomic E-state index is 11.4. The lowest BCUT2D eigenvalue weighted by atomic mass is 10.1. The van der Waals surface area contributed by atoms with Crippen molar-refractivity contribution in [3.63, 3.8) is 0 Å². The van der Waals surface area contributed by atoms with Gasteiger partial charge in [0.2, 0.25) is 0 Å². The lowest BCUT2D eigenvalue weighted by Gasteiger charge is -2.15. The molecule has 0 amide bonds. The second-order valence-electron chi connectivity index (χ2n) is 3.98. The molecule has 17 heavy (non-hydrogen) atoms. The van der Waals surface area contributed by atoms with Crippen LogP contribution in [0.15, 0.2) is 12.3 Å². The monoisotopic (exact) mass is 260 g/mol. The van der Waals surface area contributed by atoms with Crippen LogP contribution < -0.4 is 11.3 Å². The molecule has 0 aromatic carbocycles. The normalized spacial score (nSPS) is 13.8. The van der Waals surface area contributed by atoms with Gasteiger partial charge in [-0.1, -0.05) is 6.92 Å². The van der Waals surface area contributed by atoms with Crippen molar-refractivity contribution < 1.29 is 8.42 Å². The summed E-state index contributed by atoms with van der Waals surface area (Å²) in [5.41, 5.74) is 3.65. The number of nitrogens with zero attached hydrogens (tertiary/aromatic N) is 2. The van der Waals surface area contributed by atoms with E-state index in [1.54, 1.807) is 17.8 Å². The van der Waals surface area contributed by atoms with Crippen LogP contribution in [-0.4, -0.2) is 29.7 Å². The second-order valence-corrected chi connectivity index (χ2v) is 6.45. The number of rotatable bonds is 7. The number of aromatic nitrogens is 2. The zero-order chi connectivity index (χ0) is 12.9.